The van der Waals surface area contributed by atoms with Crippen molar-refractivity contribution in [3.05, 3.63) is 163 Å². The van der Waals surface area contributed by atoms with Crippen molar-refractivity contribution >= 4 is 43.9 Å². The summed E-state index contributed by atoms with van der Waals surface area (Å²) in [6, 6.07) is 39.6. The Morgan fingerprint density at radius 1 is 0.556 bits per heavy atom. The van der Waals surface area contributed by atoms with E-state index in [9.17, 15) is 0 Å². The van der Waals surface area contributed by atoms with E-state index in [1.165, 1.54) is 16.5 Å². The lowest BCUT2D eigenvalue weighted by atomic mass is 9.75. The second kappa shape index (κ2) is 10.4. The van der Waals surface area contributed by atoms with Crippen LogP contribution in [0.4, 0.5) is 0 Å². The van der Waals surface area contributed by atoms with Gasteiger partial charge in [0.1, 0.15) is 11.2 Å². The Kier molecular flexibility index (Phi) is 5.91. The number of benzene rings is 5. The van der Waals surface area contributed by atoms with Gasteiger partial charge in [-0.05, 0) is 46.2 Å². The molecular weight excluding hydrogens is 550 g/mol. The van der Waals surface area contributed by atoms with Crippen molar-refractivity contribution in [2.75, 3.05) is 0 Å². The highest BCUT2D eigenvalue weighted by molar-refractivity contribution is 6.11. The molecule has 0 N–H and O–H groups in total. The van der Waals surface area contributed by atoms with Crippen LogP contribution >= 0.6 is 0 Å². The smallest absolute Gasteiger partial charge is 0.164 e. The fourth-order valence-electron chi connectivity index (χ4n) is 6.70. The second-order valence-corrected chi connectivity index (χ2v) is 11.6. The van der Waals surface area contributed by atoms with Gasteiger partial charge in [0.05, 0.1) is 0 Å². The zero-order valence-corrected chi connectivity index (χ0v) is 24.3. The van der Waals surface area contributed by atoms with E-state index in [2.05, 4.69) is 121 Å². The lowest BCUT2D eigenvalue weighted by Crippen LogP contribution is -2.17. The monoisotopic (exact) mass is 577 g/mol. The average Bonchev–Trinajstić information content (AvgIpc) is 3.50. The summed E-state index contributed by atoms with van der Waals surface area (Å²) >= 11 is 0. The number of nitrogens with zero attached hydrogens (tertiary/aromatic N) is 3. The molecule has 2 heterocycles. The quantitative estimate of drug-likeness (QED) is 0.209. The molecule has 0 aliphatic heterocycles. The van der Waals surface area contributed by atoms with Crippen LogP contribution in [0.5, 0.6) is 0 Å². The Morgan fingerprint density at radius 3 is 2.24 bits per heavy atom. The van der Waals surface area contributed by atoms with Crippen molar-refractivity contribution in [3.63, 3.8) is 0 Å². The van der Waals surface area contributed by atoms with Gasteiger partial charge in [-0.15, -0.1) is 0 Å². The Bertz CT molecular complexity index is 2390. The lowest BCUT2D eigenvalue weighted by molar-refractivity contribution is 0.669. The summed E-state index contributed by atoms with van der Waals surface area (Å²) in [5.74, 6) is 2.38. The summed E-state index contributed by atoms with van der Waals surface area (Å²) in [5, 5.41) is 4.38. The van der Waals surface area contributed by atoms with Gasteiger partial charge in [0.25, 0.3) is 0 Å². The van der Waals surface area contributed by atoms with Gasteiger partial charge in [-0.3, -0.25) is 0 Å². The molecule has 4 nitrogen and oxygen atoms in total. The van der Waals surface area contributed by atoms with E-state index < -0.39 is 0 Å². The number of para-hydroxylation sites is 1. The molecule has 2 unspecified atom stereocenters. The van der Waals surface area contributed by atoms with Gasteiger partial charge in [-0.25, -0.2) is 15.0 Å². The standard InChI is InChI=1S/C41H27N3O/c1-2-12-27(13-3-1)35-25-31(24-29-15-6-7-16-32(29)35)40-42-39(30-22-21-26-11-4-5-14-28(26)23-30)43-41(44-40)34-18-10-20-37-38(34)33-17-8-9-19-36(33)45-37/h1-25,29,32H. The number of fused-ring (bicyclic) bond motifs is 5. The first kappa shape index (κ1) is 25.6. The predicted molar refractivity (Wildman–Crippen MR) is 183 cm³/mol. The van der Waals surface area contributed by atoms with Crippen molar-refractivity contribution in [2.45, 2.75) is 0 Å². The van der Waals surface area contributed by atoms with Crippen LogP contribution in [0.3, 0.4) is 0 Å². The van der Waals surface area contributed by atoms with E-state index in [-0.39, 0.29) is 11.8 Å². The zero-order chi connectivity index (χ0) is 29.7. The van der Waals surface area contributed by atoms with Crippen molar-refractivity contribution in [2.24, 2.45) is 11.8 Å². The molecule has 0 saturated carbocycles. The van der Waals surface area contributed by atoms with Crippen LogP contribution in [0.1, 0.15) is 11.4 Å². The maximum absolute atomic E-state index is 6.24. The zero-order valence-electron chi connectivity index (χ0n) is 24.3. The van der Waals surface area contributed by atoms with Crippen LogP contribution in [0.2, 0.25) is 0 Å². The van der Waals surface area contributed by atoms with E-state index in [1.54, 1.807) is 0 Å². The number of hydrogen-bond acceptors (Lipinski definition) is 4. The van der Waals surface area contributed by atoms with E-state index in [4.69, 9.17) is 19.4 Å². The van der Waals surface area contributed by atoms with Crippen molar-refractivity contribution in [3.8, 4) is 22.8 Å². The Hall–Kier alpha value is -5.87. The van der Waals surface area contributed by atoms with Crippen LogP contribution in [0.15, 0.2) is 156 Å². The minimum absolute atomic E-state index is 0.204. The molecule has 45 heavy (non-hydrogen) atoms. The largest absolute Gasteiger partial charge is 0.456 e. The van der Waals surface area contributed by atoms with Gasteiger partial charge >= 0.3 is 0 Å². The first-order valence-corrected chi connectivity index (χ1v) is 15.3. The summed E-state index contributed by atoms with van der Waals surface area (Å²) in [6.45, 7) is 0. The lowest BCUT2D eigenvalue weighted by Gasteiger charge is -2.29. The van der Waals surface area contributed by atoms with Crippen LogP contribution < -0.4 is 0 Å². The summed E-state index contributed by atoms with van der Waals surface area (Å²) < 4.78 is 6.24. The molecule has 2 aliphatic carbocycles. The molecule has 0 bridgehead atoms. The number of allylic oxidation sites excluding steroid dienone is 8. The minimum atomic E-state index is 0.204. The highest BCUT2D eigenvalue weighted by Crippen LogP contribution is 2.42. The topological polar surface area (TPSA) is 51.8 Å². The summed E-state index contributed by atoms with van der Waals surface area (Å²) in [4.78, 5) is 15.5. The average molecular weight is 578 g/mol. The molecule has 5 aromatic carbocycles. The van der Waals surface area contributed by atoms with Crippen LogP contribution in [-0.2, 0) is 0 Å². The van der Waals surface area contributed by atoms with Crippen LogP contribution in [-0.4, -0.2) is 15.0 Å². The molecule has 0 radical (unpaired) electrons. The van der Waals surface area contributed by atoms with Crippen molar-refractivity contribution in [1.82, 2.24) is 15.0 Å². The second-order valence-electron chi connectivity index (χ2n) is 11.6. The van der Waals surface area contributed by atoms with Gasteiger partial charge in [0.15, 0.2) is 17.5 Å². The highest BCUT2D eigenvalue weighted by atomic mass is 16.3. The van der Waals surface area contributed by atoms with Gasteiger partial charge in [-0.1, -0.05) is 127 Å². The molecule has 0 fully saturated rings. The van der Waals surface area contributed by atoms with Crippen LogP contribution in [0.25, 0.3) is 66.6 Å². The normalized spacial score (nSPS) is 17.4. The third kappa shape index (κ3) is 4.42. The van der Waals surface area contributed by atoms with E-state index in [0.29, 0.717) is 17.5 Å². The molecule has 212 valence electrons. The van der Waals surface area contributed by atoms with Gasteiger partial charge in [-0.2, -0.15) is 0 Å². The fourth-order valence-corrected chi connectivity index (χ4v) is 6.70. The van der Waals surface area contributed by atoms with E-state index in [1.807, 2.05) is 30.3 Å². The SMILES string of the molecule is C1=CC2C=C(c3nc(-c4ccc5ccccc5c4)nc(-c4cccc5oc6ccccc6c45)n3)C=C(c3ccccc3)C2C=C1. The number of furan rings is 1. The van der Waals surface area contributed by atoms with Gasteiger partial charge in [0, 0.05) is 39.3 Å². The first-order chi connectivity index (χ1) is 22.3. The van der Waals surface area contributed by atoms with Crippen molar-refractivity contribution in [1.29, 1.82) is 0 Å². The summed E-state index contributed by atoms with van der Waals surface area (Å²) in [5.41, 5.74) is 6.98. The summed E-state index contributed by atoms with van der Waals surface area (Å²) in [6.07, 6.45) is 13.4. The molecule has 0 saturated heterocycles. The first-order valence-electron chi connectivity index (χ1n) is 15.3. The predicted octanol–water partition coefficient (Wildman–Crippen LogP) is 10.1. The Morgan fingerprint density at radius 2 is 1.31 bits per heavy atom. The molecule has 9 rings (SSSR count). The molecular formula is C41H27N3O. The third-order valence-electron chi connectivity index (χ3n) is 8.87. The van der Waals surface area contributed by atoms with Crippen molar-refractivity contribution < 1.29 is 4.42 Å². The maximum Gasteiger partial charge on any atom is 0.164 e. The molecule has 2 aliphatic rings. The van der Waals surface area contributed by atoms with Gasteiger partial charge < -0.3 is 4.42 Å². The Balaban J connectivity index is 1.29. The number of rotatable bonds is 4. The van der Waals surface area contributed by atoms with Crippen LogP contribution in [0, 0.1) is 11.8 Å². The fraction of sp³-hybridized carbons (Fsp3) is 0.0488. The molecule has 7 aromatic rings. The van der Waals surface area contributed by atoms with E-state index in [0.717, 1.165) is 44.0 Å². The van der Waals surface area contributed by atoms with Gasteiger partial charge in [0.2, 0.25) is 0 Å². The highest BCUT2D eigenvalue weighted by Gasteiger charge is 2.28. The number of hydrogen-bond donors (Lipinski definition) is 0. The maximum atomic E-state index is 6.24. The number of aromatic nitrogens is 3. The molecule has 0 spiro atoms. The third-order valence-corrected chi connectivity index (χ3v) is 8.87. The summed E-state index contributed by atoms with van der Waals surface area (Å²) in [7, 11) is 0. The molecule has 0 amide bonds. The van der Waals surface area contributed by atoms with E-state index >= 15 is 0 Å². The molecule has 4 heteroatoms. The molecule has 2 aromatic heterocycles. The minimum Gasteiger partial charge on any atom is -0.456 e. The Labute approximate surface area is 260 Å². The molecule has 2 atom stereocenters.